The highest BCUT2D eigenvalue weighted by molar-refractivity contribution is 7.92. The minimum Gasteiger partial charge on any atom is -0.443 e. The monoisotopic (exact) mass is 459 g/mol. The second-order valence-electron chi connectivity index (χ2n) is 6.80. The molecule has 0 bridgehead atoms. The number of H-pyrrole nitrogens is 2. The number of anilines is 1. The lowest BCUT2D eigenvalue weighted by Crippen LogP contribution is -2.25. The summed E-state index contributed by atoms with van der Waals surface area (Å²) in [6, 6.07) is 13.0. The number of furan rings is 1. The first kappa shape index (κ1) is 20.8. The average Bonchev–Trinajstić information content (AvgIpc) is 3.15. The van der Waals surface area contributed by atoms with Gasteiger partial charge in [-0.15, -0.1) is 0 Å². The molecule has 1 atom stereocenters. The third-order valence-electron chi connectivity index (χ3n) is 4.48. The first-order valence-corrected chi connectivity index (χ1v) is 11.8. The molecule has 2 aromatic carbocycles. The summed E-state index contributed by atoms with van der Waals surface area (Å²) in [7, 11) is -5.88. The van der Waals surface area contributed by atoms with E-state index in [9.17, 15) is 22.2 Å². The summed E-state index contributed by atoms with van der Waals surface area (Å²) in [4.78, 5) is 27.7. The molecule has 11 heteroatoms. The maximum Gasteiger partial charge on any atom is 0.325 e. The summed E-state index contributed by atoms with van der Waals surface area (Å²) in [5.41, 5.74) is 0.0465. The van der Waals surface area contributed by atoms with Crippen molar-refractivity contribution in [1.29, 1.82) is 0 Å². The minimum absolute atomic E-state index is 0.101. The zero-order valence-corrected chi connectivity index (χ0v) is 17.8. The van der Waals surface area contributed by atoms with E-state index in [2.05, 4.69) is 14.7 Å². The predicted octanol–water partition coefficient (Wildman–Crippen LogP) is 2.23. The number of sulfonamides is 1. The Balaban J connectivity index is 1.68. The smallest absolute Gasteiger partial charge is 0.325 e. The number of fused-ring (bicyclic) bond motifs is 1. The maximum absolute atomic E-state index is 13.0. The largest absolute Gasteiger partial charge is 0.443 e. The third kappa shape index (κ3) is 4.37. The lowest BCUT2D eigenvalue weighted by molar-refractivity contribution is 0.484. The minimum atomic E-state index is -4.10. The van der Waals surface area contributed by atoms with Crippen molar-refractivity contribution in [2.24, 2.45) is 0 Å². The molecule has 2 heterocycles. The fraction of sp³-hybridized carbons (Fsp3) is 0.100. The third-order valence-corrected chi connectivity index (χ3v) is 7.11. The zero-order valence-electron chi connectivity index (χ0n) is 16.2. The molecule has 1 unspecified atom stereocenters. The van der Waals surface area contributed by atoms with Gasteiger partial charge in [0.1, 0.15) is 5.58 Å². The van der Waals surface area contributed by atoms with Gasteiger partial charge < -0.3 is 9.40 Å². The van der Waals surface area contributed by atoms with Crippen LogP contribution < -0.4 is 16.0 Å². The molecular weight excluding hydrogens is 442 g/mol. The average molecular weight is 460 g/mol. The van der Waals surface area contributed by atoms with Gasteiger partial charge >= 0.3 is 5.69 Å². The van der Waals surface area contributed by atoms with Crippen molar-refractivity contribution in [3.05, 3.63) is 86.7 Å². The Labute approximate surface area is 178 Å². The first-order valence-electron chi connectivity index (χ1n) is 9.04. The van der Waals surface area contributed by atoms with Crippen LogP contribution in [0.25, 0.3) is 11.0 Å². The van der Waals surface area contributed by atoms with Crippen LogP contribution in [0.5, 0.6) is 0 Å². The van der Waals surface area contributed by atoms with E-state index in [1.165, 1.54) is 18.3 Å². The molecule has 0 saturated heterocycles. The van der Waals surface area contributed by atoms with Gasteiger partial charge in [-0.05, 0) is 30.7 Å². The van der Waals surface area contributed by atoms with Crippen molar-refractivity contribution >= 4 is 37.5 Å². The van der Waals surface area contributed by atoms with E-state index in [-0.39, 0.29) is 27.0 Å². The van der Waals surface area contributed by atoms with Crippen molar-refractivity contribution in [3.63, 3.8) is 0 Å². The lowest BCUT2D eigenvalue weighted by atomic mass is 10.2. The molecule has 0 saturated carbocycles. The molecule has 2 aromatic heterocycles. The Kier molecular flexibility index (Phi) is 5.38. The number of aromatic nitrogens is 2. The molecule has 0 fully saturated rings. The second-order valence-corrected chi connectivity index (χ2v) is 9.83. The summed E-state index contributed by atoms with van der Waals surface area (Å²) >= 11 is 0. The predicted molar refractivity (Wildman–Crippen MR) is 116 cm³/mol. The fourth-order valence-corrected chi connectivity index (χ4v) is 5.30. The SMILES string of the molecule is Cc1ccc(S(=O)Cc2c[nH]c(=O)[nH]c2=O)c(NS(=O)(=O)c2cc3ccccc3o2)c1. The summed E-state index contributed by atoms with van der Waals surface area (Å²) in [5, 5.41) is 0.359. The molecule has 0 radical (unpaired) electrons. The lowest BCUT2D eigenvalue weighted by Gasteiger charge is -2.12. The molecule has 3 N–H and O–H groups in total. The van der Waals surface area contributed by atoms with E-state index < -0.39 is 32.1 Å². The Morgan fingerprint density at radius 2 is 1.87 bits per heavy atom. The van der Waals surface area contributed by atoms with E-state index >= 15 is 0 Å². The van der Waals surface area contributed by atoms with Gasteiger partial charge in [-0.2, -0.15) is 8.42 Å². The number of nitrogens with one attached hydrogen (secondary N) is 3. The van der Waals surface area contributed by atoms with Gasteiger partial charge in [-0.1, -0.05) is 24.3 Å². The molecule has 0 spiro atoms. The van der Waals surface area contributed by atoms with E-state index in [0.29, 0.717) is 11.0 Å². The molecule has 0 aliphatic heterocycles. The standard InChI is InChI=1S/C20H17N3O6S2/c1-12-6-7-17(30(26)11-14-10-21-20(25)22-19(14)24)15(8-12)23-31(27,28)18-9-13-4-2-3-5-16(13)29-18/h2-10,23H,11H2,1H3,(H2,21,22,24,25). The van der Waals surface area contributed by atoms with Crippen molar-refractivity contribution in [2.45, 2.75) is 22.7 Å². The van der Waals surface area contributed by atoms with Crippen LogP contribution in [0, 0.1) is 6.92 Å². The van der Waals surface area contributed by atoms with Crippen LogP contribution in [0.2, 0.25) is 0 Å². The summed E-state index contributed by atoms with van der Waals surface area (Å²) in [5.74, 6) is -0.214. The molecule has 0 aliphatic carbocycles. The van der Waals surface area contributed by atoms with Gasteiger partial charge in [0.25, 0.3) is 15.6 Å². The van der Waals surface area contributed by atoms with Crippen LogP contribution in [0.1, 0.15) is 11.1 Å². The zero-order chi connectivity index (χ0) is 22.2. The van der Waals surface area contributed by atoms with Crippen LogP contribution in [-0.4, -0.2) is 22.6 Å². The number of rotatable bonds is 6. The molecule has 9 nitrogen and oxygen atoms in total. The van der Waals surface area contributed by atoms with E-state index in [1.807, 2.05) is 0 Å². The van der Waals surface area contributed by atoms with Crippen LogP contribution in [0.3, 0.4) is 0 Å². The fourth-order valence-electron chi connectivity index (χ4n) is 2.97. The Morgan fingerprint density at radius 3 is 2.61 bits per heavy atom. The number of para-hydroxylation sites is 1. The van der Waals surface area contributed by atoms with Crippen LogP contribution >= 0.6 is 0 Å². The van der Waals surface area contributed by atoms with Crippen LogP contribution in [0.4, 0.5) is 5.69 Å². The Bertz CT molecular complexity index is 1500. The molecule has 4 rings (SSSR count). The van der Waals surface area contributed by atoms with Crippen molar-refractivity contribution < 1.29 is 17.0 Å². The van der Waals surface area contributed by atoms with Gasteiger partial charge in [0.15, 0.2) is 0 Å². The van der Waals surface area contributed by atoms with Crippen LogP contribution in [-0.2, 0) is 26.6 Å². The van der Waals surface area contributed by atoms with Crippen molar-refractivity contribution in [2.75, 3.05) is 4.72 Å². The topological polar surface area (TPSA) is 142 Å². The van der Waals surface area contributed by atoms with E-state index in [4.69, 9.17) is 4.42 Å². The van der Waals surface area contributed by atoms with E-state index in [0.717, 1.165) is 5.56 Å². The van der Waals surface area contributed by atoms with Gasteiger partial charge in [0, 0.05) is 23.2 Å². The number of hydrogen-bond acceptors (Lipinski definition) is 6. The molecule has 160 valence electrons. The normalized spacial score (nSPS) is 12.7. The molecular formula is C20H17N3O6S2. The highest BCUT2D eigenvalue weighted by atomic mass is 32.2. The summed E-state index contributed by atoms with van der Waals surface area (Å²) in [6.45, 7) is 1.76. The van der Waals surface area contributed by atoms with Gasteiger partial charge in [0.2, 0.25) is 5.09 Å². The summed E-state index contributed by atoms with van der Waals surface area (Å²) in [6.07, 6.45) is 1.19. The number of hydrogen-bond donors (Lipinski definition) is 3. The number of benzene rings is 2. The highest BCUT2D eigenvalue weighted by Gasteiger charge is 2.23. The Morgan fingerprint density at radius 1 is 1.10 bits per heavy atom. The maximum atomic E-state index is 13.0. The molecule has 4 aromatic rings. The first-order chi connectivity index (χ1) is 14.7. The Hall–Kier alpha value is -3.44. The van der Waals surface area contributed by atoms with Crippen molar-refractivity contribution in [1.82, 2.24) is 9.97 Å². The number of aromatic amines is 2. The highest BCUT2D eigenvalue weighted by Crippen LogP contribution is 2.28. The molecule has 0 amide bonds. The molecule has 31 heavy (non-hydrogen) atoms. The van der Waals surface area contributed by atoms with Crippen molar-refractivity contribution in [3.8, 4) is 0 Å². The van der Waals surface area contributed by atoms with Crippen LogP contribution in [0.15, 0.2) is 78.7 Å². The summed E-state index contributed by atoms with van der Waals surface area (Å²) < 4.78 is 46.7. The van der Waals surface area contributed by atoms with Gasteiger partial charge in [-0.3, -0.25) is 18.7 Å². The van der Waals surface area contributed by atoms with E-state index in [1.54, 1.807) is 43.3 Å². The van der Waals surface area contributed by atoms with Gasteiger partial charge in [-0.25, -0.2) is 4.79 Å². The second kappa shape index (κ2) is 8.00. The quantitative estimate of drug-likeness (QED) is 0.404. The number of aryl methyl sites for hydroxylation is 1. The van der Waals surface area contributed by atoms with Gasteiger partial charge in [0.05, 0.1) is 27.1 Å². The molecule has 0 aliphatic rings.